The molecule has 2 aliphatic rings. The van der Waals surface area contributed by atoms with Crippen molar-refractivity contribution in [3.63, 3.8) is 0 Å². The number of nitrogens with one attached hydrogen (secondary N) is 2. The lowest BCUT2D eigenvalue weighted by Gasteiger charge is -2.35. The predicted octanol–water partition coefficient (Wildman–Crippen LogP) is 3.30. The largest absolute Gasteiger partial charge is 0.480 e. The second-order valence-corrected chi connectivity index (χ2v) is 8.64. The van der Waals surface area contributed by atoms with Gasteiger partial charge in [0.25, 0.3) is 0 Å². The van der Waals surface area contributed by atoms with Crippen LogP contribution in [0.1, 0.15) is 36.3 Å². The Morgan fingerprint density at radius 2 is 1.60 bits per heavy atom. The molecule has 1 atom stereocenters. The molecular formula is C25H26F2N2O6. The van der Waals surface area contributed by atoms with Crippen LogP contribution in [-0.4, -0.2) is 60.9 Å². The Balaban J connectivity index is 1.43. The summed E-state index contributed by atoms with van der Waals surface area (Å²) in [6.07, 6.45) is -4.96. The summed E-state index contributed by atoms with van der Waals surface area (Å²) < 4.78 is 36.9. The van der Waals surface area contributed by atoms with Gasteiger partial charge >= 0.3 is 12.1 Å². The first-order chi connectivity index (χ1) is 16.8. The summed E-state index contributed by atoms with van der Waals surface area (Å²) in [5.41, 5.74) is 2.38. The topological polar surface area (TPSA) is 114 Å². The maximum atomic E-state index is 13.2. The fourth-order valence-corrected chi connectivity index (χ4v) is 4.63. The number of carboxylic acids is 1. The number of rotatable bonds is 8. The molecule has 3 N–H and O–H groups in total. The summed E-state index contributed by atoms with van der Waals surface area (Å²) in [6, 6.07) is 13.8. The molecule has 0 spiro atoms. The molecule has 0 radical (unpaired) electrons. The molecule has 1 aliphatic heterocycles. The van der Waals surface area contributed by atoms with Crippen LogP contribution in [0.2, 0.25) is 0 Å². The van der Waals surface area contributed by atoms with Crippen molar-refractivity contribution in [2.24, 2.45) is 0 Å². The Labute approximate surface area is 200 Å². The molecule has 1 aliphatic carbocycles. The molecule has 0 aromatic heterocycles. The number of alkyl halides is 2. The van der Waals surface area contributed by atoms with Crippen molar-refractivity contribution in [1.82, 2.24) is 10.6 Å². The molecule has 0 bridgehead atoms. The molecule has 1 unspecified atom stereocenters. The summed E-state index contributed by atoms with van der Waals surface area (Å²) in [6.45, 7) is 0.150. The van der Waals surface area contributed by atoms with Gasteiger partial charge < -0.3 is 25.2 Å². The van der Waals surface area contributed by atoms with E-state index in [1.807, 2.05) is 48.5 Å². The van der Waals surface area contributed by atoms with Gasteiger partial charge in [-0.15, -0.1) is 0 Å². The van der Waals surface area contributed by atoms with Crippen LogP contribution >= 0.6 is 0 Å². The minimum Gasteiger partial charge on any atom is -0.480 e. The second kappa shape index (κ2) is 10.4. The highest BCUT2D eigenvalue weighted by Crippen LogP contribution is 2.44. The fourth-order valence-electron chi connectivity index (χ4n) is 4.63. The maximum absolute atomic E-state index is 13.2. The Hall–Kier alpha value is -3.53. The highest BCUT2D eigenvalue weighted by Gasteiger charge is 2.43. The van der Waals surface area contributed by atoms with E-state index in [4.69, 9.17) is 9.47 Å². The van der Waals surface area contributed by atoms with E-state index in [2.05, 4.69) is 10.6 Å². The molecule has 8 nitrogen and oxygen atoms in total. The van der Waals surface area contributed by atoms with E-state index in [-0.39, 0.29) is 38.6 Å². The second-order valence-electron chi connectivity index (χ2n) is 8.64. The average Bonchev–Trinajstić information content (AvgIpc) is 3.16. The van der Waals surface area contributed by atoms with Crippen LogP contribution in [0.25, 0.3) is 11.1 Å². The van der Waals surface area contributed by atoms with Gasteiger partial charge in [0.1, 0.15) is 18.2 Å². The first kappa shape index (κ1) is 24.6. The summed E-state index contributed by atoms with van der Waals surface area (Å²) in [5.74, 6) is -2.54. The summed E-state index contributed by atoms with van der Waals surface area (Å²) >= 11 is 0. The first-order valence-electron chi connectivity index (χ1n) is 11.3. The van der Waals surface area contributed by atoms with Crippen molar-refractivity contribution in [3.8, 4) is 11.1 Å². The molecule has 35 heavy (non-hydrogen) atoms. The molecule has 1 heterocycles. The maximum Gasteiger partial charge on any atom is 0.407 e. The monoisotopic (exact) mass is 488 g/mol. The number of amides is 2. The average molecular weight is 488 g/mol. The molecule has 1 fully saturated rings. The van der Waals surface area contributed by atoms with Gasteiger partial charge in [0, 0.05) is 38.4 Å². The molecular weight excluding hydrogens is 462 g/mol. The number of alkyl carbamates (subject to hydrolysis) is 1. The van der Waals surface area contributed by atoms with Crippen molar-refractivity contribution < 1.29 is 37.7 Å². The predicted molar refractivity (Wildman–Crippen MR) is 121 cm³/mol. The fraction of sp³-hybridized carbons (Fsp3) is 0.400. The molecule has 10 heteroatoms. The lowest BCUT2D eigenvalue weighted by atomic mass is 9.89. The van der Waals surface area contributed by atoms with Crippen LogP contribution in [0.4, 0.5) is 13.6 Å². The molecule has 186 valence electrons. The van der Waals surface area contributed by atoms with E-state index >= 15 is 0 Å². The van der Waals surface area contributed by atoms with E-state index in [0.29, 0.717) is 0 Å². The Bertz CT molecular complexity index is 1060. The van der Waals surface area contributed by atoms with Crippen molar-refractivity contribution in [1.29, 1.82) is 0 Å². The number of fused-ring (bicyclic) bond motifs is 3. The van der Waals surface area contributed by atoms with Gasteiger partial charge in [-0.2, -0.15) is 0 Å². The van der Waals surface area contributed by atoms with Crippen molar-refractivity contribution >= 4 is 18.0 Å². The number of benzene rings is 2. The number of carbonyl (C=O) groups is 3. The Kier molecular flexibility index (Phi) is 7.30. The van der Waals surface area contributed by atoms with E-state index in [1.165, 1.54) is 0 Å². The standard InChI is InChI=1S/C25H26F2N2O6/c26-21(27)13-20(22(30)29-25(23(31)32)9-11-34-12-10-25)28-24(33)35-14-19-17-7-3-1-5-15(17)16-6-2-4-8-18(16)19/h1-8,19-21H,9-14H2,(H,28,33)(H,29,30)(H,31,32). The van der Waals surface area contributed by atoms with Crippen LogP contribution in [0.3, 0.4) is 0 Å². The number of ether oxygens (including phenoxy) is 2. The van der Waals surface area contributed by atoms with Crippen LogP contribution in [-0.2, 0) is 19.1 Å². The van der Waals surface area contributed by atoms with Crippen molar-refractivity contribution in [2.75, 3.05) is 19.8 Å². The smallest absolute Gasteiger partial charge is 0.407 e. The van der Waals surface area contributed by atoms with Crippen molar-refractivity contribution in [3.05, 3.63) is 59.7 Å². The molecule has 2 amide bonds. The zero-order chi connectivity index (χ0) is 25.0. The van der Waals surface area contributed by atoms with Crippen LogP contribution in [0, 0.1) is 0 Å². The Morgan fingerprint density at radius 3 is 2.14 bits per heavy atom. The van der Waals surface area contributed by atoms with Gasteiger partial charge in [-0.25, -0.2) is 18.4 Å². The van der Waals surface area contributed by atoms with Crippen LogP contribution in [0.5, 0.6) is 0 Å². The lowest BCUT2D eigenvalue weighted by Crippen LogP contribution is -2.61. The minimum atomic E-state index is -2.91. The number of carbonyl (C=O) groups excluding carboxylic acids is 2. The molecule has 1 saturated heterocycles. The third-order valence-corrected chi connectivity index (χ3v) is 6.48. The van der Waals surface area contributed by atoms with E-state index in [9.17, 15) is 28.3 Å². The van der Waals surface area contributed by atoms with Crippen LogP contribution in [0.15, 0.2) is 48.5 Å². The zero-order valence-corrected chi connectivity index (χ0v) is 18.8. The van der Waals surface area contributed by atoms with Gasteiger partial charge in [0.05, 0.1) is 0 Å². The molecule has 4 rings (SSSR count). The van der Waals surface area contributed by atoms with Crippen LogP contribution < -0.4 is 10.6 Å². The molecule has 2 aromatic carbocycles. The number of halogens is 2. The van der Waals surface area contributed by atoms with Gasteiger partial charge in [0.2, 0.25) is 12.3 Å². The molecule has 0 saturated carbocycles. The quantitative estimate of drug-likeness (QED) is 0.526. The lowest BCUT2D eigenvalue weighted by molar-refractivity contribution is -0.152. The van der Waals surface area contributed by atoms with E-state index < -0.39 is 42.4 Å². The number of hydrogen-bond acceptors (Lipinski definition) is 5. The summed E-state index contributed by atoms with van der Waals surface area (Å²) in [7, 11) is 0. The number of aliphatic carboxylic acids is 1. The highest BCUT2D eigenvalue weighted by molar-refractivity contribution is 5.91. The first-order valence-corrected chi connectivity index (χ1v) is 11.3. The van der Waals surface area contributed by atoms with E-state index in [0.717, 1.165) is 22.3 Å². The van der Waals surface area contributed by atoms with Gasteiger partial charge in [-0.1, -0.05) is 48.5 Å². The SMILES string of the molecule is O=C(NC(CC(F)F)C(=O)NC1(C(=O)O)CCOCC1)OCC1c2ccccc2-c2ccccc21. The minimum absolute atomic E-state index is 0.0135. The summed E-state index contributed by atoms with van der Waals surface area (Å²) in [5, 5.41) is 14.2. The summed E-state index contributed by atoms with van der Waals surface area (Å²) in [4.78, 5) is 37.1. The zero-order valence-electron chi connectivity index (χ0n) is 18.8. The molecule has 2 aromatic rings. The Morgan fingerprint density at radius 1 is 1.03 bits per heavy atom. The van der Waals surface area contributed by atoms with Gasteiger partial charge in [0.15, 0.2) is 0 Å². The van der Waals surface area contributed by atoms with Gasteiger partial charge in [-0.05, 0) is 22.3 Å². The highest BCUT2D eigenvalue weighted by atomic mass is 19.3. The third-order valence-electron chi connectivity index (χ3n) is 6.48. The van der Waals surface area contributed by atoms with Crippen molar-refractivity contribution in [2.45, 2.75) is 43.2 Å². The normalized spacial score (nSPS) is 17.2. The van der Waals surface area contributed by atoms with E-state index in [1.54, 1.807) is 0 Å². The number of carboxylic acid groups (broad SMARTS) is 1. The number of hydrogen-bond donors (Lipinski definition) is 3. The van der Waals surface area contributed by atoms with Gasteiger partial charge in [-0.3, -0.25) is 4.79 Å². The third kappa shape index (κ3) is 5.27.